The minimum atomic E-state index is 0.0628. The highest BCUT2D eigenvalue weighted by molar-refractivity contribution is 5.93. The minimum absolute atomic E-state index is 0.0628. The van der Waals surface area contributed by atoms with Crippen LogP contribution in [0, 0.1) is 0 Å². The third kappa shape index (κ3) is 4.25. The number of likely N-dealkylation sites (tertiary alicyclic amines) is 1. The molecule has 1 aliphatic carbocycles. The van der Waals surface area contributed by atoms with Gasteiger partial charge in [-0.3, -0.25) is 4.79 Å². The third-order valence-electron chi connectivity index (χ3n) is 5.45. The standard InChI is InChI=1S/C19H30N4O/c1-2-16-11-7-8-12-23(16)19(24)17-13-18(21-14-20-17)22-15-9-5-3-4-6-10-15/h13-16H,2-12H2,1H3,(H,20,21,22). The average molecular weight is 330 g/mol. The molecule has 0 radical (unpaired) electrons. The van der Waals surface area contributed by atoms with E-state index < -0.39 is 0 Å². The first-order chi connectivity index (χ1) is 11.8. The van der Waals surface area contributed by atoms with Crippen molar-refractivity contribution in [3.05, 3.63) is 18.1 Å². The molecule has 1 unspecified atom stereocenters. The molecule has 5 heteroatoms. The molecule has 24 heavy (non-hydrogen) atoms. The lowest BCUT2D eigenvalue weighted by Crippen LogP contribution is -2.43. The molecule has 0 aromatic carbocycles. The summed E-state index contributed by atoms with van der Waals surface area (Å²) >= 11 is 0. The Morgan fingerprint density at radius 1 is 1.12 bits per heavy atom. The maximum Gasteiger partial charge on any atom is 0.272 e. The second kappa shape index (κ2) is 8.45. The van der Waals surface area contributed by atoms with Crippen LogP contribution in [-0.4, -0.2) is 39.4 Å². The maximum atomic E-state index is 12.9. The second-order valence-electron chi connectivity index (χ2n) is 7.18. The number of carbonyl (C=O) groups is 1. The number of hydrogen-bond donors (Lipinski definition) is 1. The van der Waals surface area contributed by atoms with Crippen LogP contribution in [0.25, 0.3) is 0 Å². The van der Waals surface area contributed by atoms with E-state index in [0.717, 1.165) is 31.6 Å². The number of rotatable bonds is 4. The molecule has 1 saturated heterocycles. The quantitative estimate of drug-likeness (QED) is 0.847. The zero-order valence-corrected chi connectivity index (χ0v) is 14.8. The predicted molar refractivity (Wildman–Crippen MR) is 96.1 cm³/mol. The topological polar surface area (TPSA) is 58.1 Å². The summed E-state index contributed by atoms with van der Waals surface area (Å²) < 4.78 is 0. The van der Waals surface area contributed by atoms with Crippen molar-refractivity contribution >= 4 is 11.7 Å². The molecule has 0 spiro atoms. The van der Waals surface area contributed by atoms with Crippen molar-refractivity contribution in [2.45, 2.75) is 83.2 Å². The van der Waals surface area contributed by atoms with Gasteiger partial charge in [-0.1, -0.05) is 32.6 Å². The average Bonchev–Trinajstić information content (AvgIpc) is 2.90. The largest absolute Gasteiger partial charge is 0.367 e. The molecule has 1 aromatic rings. The molecule has 1 aromatic heterocycles. The molecule has 5 nitrogen and oxygen atoms in total. The number of nitrogens with one attached hydrogen (secondary N) is 1. The van der Waals surface area contributed by atoms with Gasteiger partial charge in [-0.05, 0) is 38.5 Å². The van der Waals surface area contributed by atoms with Crippen molar-refractivity contribution in [3.8, 4) is 0 Å². The lowest BCUT2D eigenvalue weighted by molar-refractivity contribution is 0.0602. The van der Waals surface area contributed by atoms with Gasteiger partial charge in [-0.25, -0.2) is 9.97 Å². The highest BCUT2D eigenvalue weighted by Crippen LogP contribution is 2.23. The number of nitrogens with zero attached hydrogens (tertiary/aromatic N) is 3. The summed E-state index contributed by atoms with van der Waals surface area (Å²) in [6, 6.07) is 2.68. The van der Waals surface area contributed by atoms with E-state index in [1.807, 2.05) is 11.0 Å². The number of anilines is 1. The van der Waals surface area contributed by atoms with E-state index in [1.165, 1.54) is 51.3 Å². The molecule has 0 bridgehead atoms. The molecular formula is C19H30N4O. The minimum Gasteiger partial charge on any atom is -0.367 e. The first kappa shape index (κ1) is 17.2. The zero-order valence-electron chi connectivity index (χ0n) is 14.8. The second-order valence-corrected chi connectivity index (χ2v) is 7.18. The Labute approximate surface area is 145 Å². The summed E-state index contributed by atoms with van der Waals surface area (Å²) in [5.41, 5.74) is 0.529. The van der Waals surface area contributed by atoms with Crippen LogP contribution in [0.5, 0.6) is 0 Å². The van der Waals surface area contributed by atoms with Crippen molar-refractivity contribution in [2.75, 3.05) is 11.9 Å². The van der Waals surface area contributed by atoms with Crippen molar-refractivity contribution < 1.29 is 4.79 Å². The van der Waals surface area contributed by atoms with E-state index >= 15 is 0 Å². The highest BCUT2D eigenvalue weighted by atomic mass is 16.2. The monoisotopic (exact) mass is 330 g/mol. The molecule has 1 aliphatic heterocycles. The number of amides is 1. The van der Waals surface area contributed by atoms with Crippen molar-refractivity contribution in [1.82, 2.24) is 14.9 Å². The smallest absolute Gasteiger partial charge is 0.272 e. The van der Waals surface area contributed by atoms with Crippen molar-refractivity contribution in [2.24, 2.45) is 0 Å². The summed E-state index contributed by atoms with van der Waals surface area (Å²) in [5.74, 6) is 0.859. The number of aromatic nitrogens is 2. The Hall–Kier alpha value is -1.65. The summed E-state index contributed by atoms with van der Waals surface area (Å²) in [4.78, 5) is 23.5. The zero-order chi connectivity index (χ0) is 16.8. The summed E-state index contributed by atoms with van der Waals surface area (Å²) in [5, 5.41) is 3.52. The van der Waals surface area contributed by atoms with Crippen molar-refractivity contribution in [3.63, 3.8) is 0 Å². The molecule has 3 rings (SSSR count). The summed E-state index contributed by atoms with van der Waals surface area (Å²) in [6.45, 7) is 3.02. The van der Waals surface area contributed by atoms with E-state index in [1.54, 1.807) is 0 Å². The van der Waals surface area contributed by atoms with Gasteiger partial charge >= 0.3 is 0 Å². The van der Waals surface area contributed by atoms with Crippen LogP contribution in [0.4, 0.5) is 5.82 Å². The molecule has 132 valence electrons. The normalized spacial score (nSPS) is 22.9. The van der Waals surface area contributed by atoms with Crippen LogP contribution in [-0.2, 0) is 0 Å². The fraction of sp³-hybridized carbons (Fsp3) is 0.737. The van der Waals surface area contributed by atoms with Gasteiger partial charge in [-0.2, -0.15) is 0 Å². The Bertz CT molecular complexity index is 540. The lowest BCUT2D eigenvalue weighted by Gasteiger charge is -2.35. The van der Waals surface area contributed by atoms with Crippen LogP contribution < -0.4 is 5.32 Å². The van der Waals surface area contributed by atoms with Gasteiger partial charge < -0.3 is 10.2 Å². The molecule has 1 saturated carbocycles. The van der Waals surface area contributed by atoms with Gasteiger partial charge in [0.15, 0.2) is 0 Å². The molecule has 1 atom stereocenters. The van der Waals surface area contributed by atoms with E-state index in [2.05, 4.69) is 22.2 Å². The van der Waals surface area contributed by atoms with Crippen LogP contribution in [0.2, 0.25) is 0 Å². The van der Waals surface area contributed by atoms with E-state index in [0.29, 0.717) is 17.8 Å². The fourth-order valence-corrected chi connectivity index (χ4v) is 4.03. The highest BCUT2D eigenvalue weighted by Gasteiger charge is 2.27. The lowest BCUT2D eigenvalue weighted by atomic mass is 9.99. The third-order valence-corrected chi connectivity index (χ3v) is 5.45. The van der Waals surface area contributed by atoms with Crippen LogP contribution in [0.1, 0.15) is 81.6 Å². The molecular weight excluding hydrogens is 300 g/mol. The van der Waals surface area contributed by atoms with Gasteiger partial charge in [0.05, 0.1) is 0 Å². The molecule has 1 amide bonds. The van der Waals surface area contributed by atoms with Crippen LogP contribution in [0.15, 0.2) is 12.4 Å². The first-order valence-corrected chi connectivity index (χ1v) is 9.67. The van der Waals surface area contributed by atoms with Gasteiger partial charge in [-0.15, -0.1) is 0 Å². The van der Waals surface area contributed by atoms with Gasteiger partial charge in [0.25, 0.3) is 5.91 Å². The number of hydrogen-bond acceptors (Lipinski definition) is 4. The van der Waals surface area contributed by atoms with Crippen molar-refractivity contribution in [1.29, 1.82) is 0 Å². The Morgan fingerprint density at radius 3 is 2.62 bits per heavy atom. The SMILES string of the molecule is CCC1CCCCN1C(=O)c1cc(NC2CCCCCC2)ncn1. The maximum absolute atomic E-state index is 12.9. The number of piperidine rings is 1. The van der Waals surface area contributed by atoms with Gasteiger partial charge in [0, 0.05) is 24.7 Å². The van der Waals surface area contributed by atoms with Gasteiger partial charge in [0.2, 0.25) is 0 Å². The molecule has 2 fully saturated rings. The predicted octanol–water partition coefficient (Wildman–Crippen LogP) is 4.02. The Balaban J connectivity index is 1.68. The molecule has 2 heterocycles. The van der Waals surface area contributed by atoms with Crippen LogP contribution in [0.3, 0.4) is 0 Å². The molecule has 2 aliphatic rings. The first-order valence-electron chi connectivity index (χ1n) is 9.67. The fourth-order valence-electron chi connectivity index (χ4n) is 4.03. The summed E-state index contributed by atoms with van der Waals surface area (Å²) in [6.07, 6.45) is 13.6. The van der Waals surface area contributed by atoms with E-state index in [4.69, 9.17) is 0 Å². The van der Waals surface area contributed by atoms with E-state index in [-0.39, 0.29) is 5.91 Å². The van der Waals surface area contributed by atoms with Gasteiger partial charge in [0.1, 0.15) is 17.8 Å². The Kier molecular flexibility index (Phi) is 6.05. The Morgan fingerprint density at radius 2 is 1.88 bits per heavy atom. The van der Waals surface area contributed by atoms with Crippen LogP contribution >= 0.6 is 0 Å². The van der Waals surface area contributed by atoms with E-state index in [9.17, 15) is 4.79 Å². The summed E-state index contributed by atoms with van der Waals surface area (Å²) in [7, 11) is 0. The molecule has 1 N–H and O–H groups in total. The number of carbonyl (C=O) groups excluding carboxylic acids is 1.